The molecule has 3 unspecified atom stereocenters. The first-order valence-electron chi connectivity index (χ1n) is 12.2. The van der Waals surface area contributed by atoms with E-state index in [2.05, 4.69) is 31.4 Å². The van der Waals surface area contributed by atoms with E-state index in [1.165, 1.54) is 36.5 Å². The Kier molecular flexibility index (Phi) is 7.48. The maximum Gasteiger partial charge on any atom is 0.265 e. The molecule has 2 N–H and O–H groups in total. The molecule has 7 nitrogen and oxygen atoms in total. The van der Waals surface area contributed by atoms with Crippen LogP contribution in [0.4, 0.5) is 9.39 Å². The third-order valence-corrected chi connectivity index (χ3v) is 9.97. The number of hydrogen-bond acceptors (Lipinski definition) is 6. The Balaban J connectivity index is 1.58. The first-order chi connectivity index (χ1) is 16.8. The predicted molar refractivity (Wildman–Crippen MR) is 139 cm³/mol. The minimum absolute atomic E-state index is 0.0287. The summed E-state index contributed by atoms with van der Waals surface area (Å²) in [6, 6.07) is 5.41. The lowest BCUT2D eigenvalue weighted by Crippen LogP contribution is -2.37. The quantitative estimate of drug-likeness (QED) is 0.571. The molecule has 2 aliphatic rings. The van der Waals surface area contributed by atoms with E-state index in [1.54, 1.807) is 6.07 Å². The van der Waals surface area contributed by atoms with Gasteiger partial charge in [-0.25, -0.2) is 12.8 Å². The third-order valence-electron chi connectivity index (χ3n) is 7.03. The molecule has 2 amide bonds. The minimum atomic E-state index is -3.15. The van der Waals surface area contributed by atoms with Crippen LogP contribution >= 0.6 is 11.3 Å². The largest absolute Gasteiger partial charge is 0.478 e. The number of anilines is 1. The van der Waals surface area contributed by atoms with Gasteiger partial charge in [-0.15, -0.1) is 11.3 Å². The first-order valence-corrected chi connectivity index (χ1v) is 14.9. The van der Waals surface area contributed by atoms with Crippen LogP contribution in [-0.2, 0) is 27.5 Å². The van der Waals surface area contributed by atoms with Gasteiger partial charge in [-0.3, -0.25) is 9.59 Å². The van der Waals surface area contributed by atoms with E-state index in [4.69, 9.17) is 4.74 Å². The highest BCUT2D eigenvalue weighted by Crippen LogP contribution is 2.44. The van der Waals surface area contributed by atoms with Crippen molar-refractivity contribution >= 4 is 38.0 Å². The van der Waals surface area contributed by atoms with Gasteiger partial charge in [-0.2, -0.15) is 0 Å². The predicted octanol–water partition coefficient (Wildman–Crippen LogP) is 4.36. The van der Waals surface area contributed by atoms with Crippen LogP contribution < -0.4 is 15.4 Å². The normalized spacial score (nSPS) is 21.9. The highest BCUT2D eigenvalue weighted by Gasteiger charge is 2.36. The fraction of sp³-hybridized carbons (Fsp3) is 0.538. The number of fused-ring (bicyclic) bond motifs is 1. The van der Waals surface area contributed by atoms with Crippen molar-refractivity contribution in [2.45, 2.75) is 65.5 Å². The lowest BCUT2D eigenvalue weighted by Gasteiger charge is -2.33. The van der Waals surface area contributed by atoms with Crippen molar-refractivity contribution in [1.29, 1.82) is 0 Å². The summed E-state index contributed by atoms with van der Waals surface area (Å²) in [6.07, 6.45) is 1.81. The van der Waals surface area contributed by atoms with Crippen LogP contribution in [0, 0.1) is 17.2 Å². The number of carbonyl (C=O) groups excluding carboxylic acids is 2. The number of amides is 2. The lowest BCUT2D eigenvalue weighted by atomic mass is 9.72. The maximum absolute atomic E-state index is 14.0. The van der Waals surface area contributed by atoms with E-state index >= 15 is 0 Å². The van der Waals surface area contributed by atoms with Gasteiger partial charge in [-0.05, 0) is 61.6 Å². The second kappa shape index (κ2) is 10.1. The van der Waals surface area contributed by atoms with Gasteiger partial charge in [0.25, 0.3) is 11.8 Å². The molecule has 0 bridgehead atoms. The SMILES string of the molecule is CC(Oc1ccccc1F)C(=O)Nc1sc2c(c1C(=O)NC1CCS(=O)(=O)C1)CCC(C(C)(C)C)C2. The molecule has 36 heavy (non-hydrogen) atoms. The molecule has 1 aromatic carbocycles. The number of halogens is 1. The van der Waals surface area contributed by atoms with Crippen molar-refractivity contribution in [2.75, 3.05) is 16.8 Å². The average molecular weight is 537 g/mol. The van der Waals surface area contributed by atoms with Gasteiger partial charge in [0.2, 0.25) is 0 Å². The summed E-state index contributed by atoms with van der Waals surface area (Å²) in [5.41, 5.74) is 1.42. The van der Waals surface area contributed by atoms with Crippen molar-refractivity contribution in [1.82, 2.24) is 5.32 Å². The van der Waals surface area contributed by atoms with Crippen LogP contribution in [0.3, 0.4) is 0 Å². The standard InChI is InChI=1S/C26H33FN2O5S2/c1-15(34-20-8-6-5-7-19(20)27)23(30)29-25-22(24(31)28-17-11-12-36(32,33)14-17)18-10-9-16(26(2,3)4)13-21(18)35-25/h5-8,15-17H,9-14H2,1-4H3,(H,28,31)(H,29,30). The number of benzene rings is 1. The summed E-state index contributed by atoms with van der Waals surface area (Å²) < 4.78 is 43.3. The molecule has 3 atom stereocenters. The summed E-state index contributed by atoms with van der Waals surface area (Å²) >= 11 is 1.38. The highest BCUT2D eigenvalue weighted by molar-refractivity contribution is 7.91. The molecule has 1 fully saturated rings. The van der Waals surface area contributed by atoms with Crippen molar-refractivity contribution in [3.63, 3.8) is 0 Å². The van der Waals surface area contributed by atoms with Gasteiger partial charge in [-0.1, -0.05) is 32.9 Å². The first kappa shape index (κ1) is 26.6. The molecule has 196 valence electrons. The molecule has 1 aliphatic heterocycles. The van der Waals surface area contributed by atoms with E-state index in [1.807, 2.05) is 0 Å². The lowest BCUT2D eigenvalue weighted by molar-refractivity contribution is -0.122. The number of rotatable bonds is 6. The number of ether oxygens (including phenoxy) is 1. The zero-order chi connectivity index (χ0) is 26.3. The molecule has 0 spiro atoms. The zero-order valence-electron chi connectivity index (χ0n) is 21.0. The molecule has 1 aromatic heterocycles. The maximum atomic E-state index is 14.0. The minimum Gasteiger partial charge on any atom is -0.478 e. The fourth-order valence-corrected chi connectivity index (χ4v) is 7.82. The van der Waals surface area contributed by atoms with E-state index in [0.29, 0.717) is 29.3 Å². The summed E-state index contributed by atoms with van der Waals surface area (Å²) in [5, 5.41) is 6.13. The van der Waals surface area contributed by atoms with Crippen molar-refractivity contribution in [3.05, 3.63) is 46.1 Å². The van der Waals surface area contributed by atoms with Crippen molar-refractivity contribution in [2.24, 2.45) is 11.3 Å². The Morgan fingerprint density at radius 2 is 1.92 bits per heavy atom. The summed E-state index contributed by atoms with van der Waals surface area (Å²) in [7, 11) is -3.15. The summed E-state index contributed by atoms with van der Waals surface area (Å²) in [5.74, 6) is -1.05. The van der Waals surface area contributed by atoms with Crippen LogP contribution in [0.2, 0.25) is 0 Å². The molecule has 2 aromatic rings. The van der Waals surface area contributed by atoms with Gasteiger partial charge in [0.1, 0.15) is 5.00 Å². The molecule has 4 rings (SSSR count). The Hall–Kier alpha value is -2.46. The zero-order valence-corrected chi connectivity index (χ0v) is 22.7. The molecule has 1 saturated heterocycles. The second-order valence-corrected chi connectivity index (χ2v) is 14.1. The van der Waals surface area contributed by atoms with Crippen LogP contribution in [-0.4, -0.2) is 43.9 Å². The fourth-order valence-electron chi connectivity index (χ4n) is 4.82. The highest BCUT2D eigenvalue weighted by atomic mass is 32.2. The number of thiophene rings is 1. The third kappa shape index (κ3) is 5.91. The van der Waals surface area contributed by atoms with Crippen LogP contribution in [0.15, 0.2) is 24.3 Å². The van der Waals surface area contributed by atoms with Gasteiger partial charge in [0.05, 0.1) is 17.1 Å². The number of sulfone groups is 1. The van der Waals surface area contributed by atoms with E-state index < -0.39 is 33.7 Å². The van der Waals surface area contributed by atoms with E-state index in [9.17, 15) is 22.4 Å². The molecule has 10 heteroatoms. The van der Waals surface area contributed by atoms with Crippen molar-refractivity contribution < 1.29 is 27.1 Å². The Bertz CT molecular complexity index is 1270. The monoisotopic (exact) mass is 536 g/mol. The molecule has 0 saturated carbocycles. The Morgan fingerprint density at radius 1 is 1.19 bits per heavy atom. The second-order valence-electron chi connectivity index (χ2n) is 10.8. The summed E-state index contributed by atoms with van der Waals surface area (Å²) in [4.78, 5) is 27.5. The average Bonchev–Trinajstić information content (AvgIpc) is 3.32. The summed E-state index contributed by atoms with van der Waals surface area (Å²) in [6.45, 7) is 8.13. The van der Waals surface area contributed by atoms with E-state index in [-0.39, 0.29) is 28.6 Å². The van der Waals surface area contributed by atoms with Gasteiger partial charge in [0, 0.05) is 10.9 Å². The smallest absolute Gasteiger partial charge is 0.265 e. The Morgan fingerprint density at radius 3 is 2.56 bits per heavy atom. The molecule has 0 radical (unpaired) electrons. The topological polar surface area (TPSA) is 102 Å². The van der Waals surface area contributed by atoms with Gasteiger partial charge in [0.15, 0.2) is 27.5 Å². The van der Waals surface area contributed by atoms with Gasteiger partial charge < -0.3 is 15.4 Å². The number of hydrogen-bond donors (Lipinski definition) is 2. The molecule has 2 heterocycles. The van der Waals surface area contributed by atoms with E-state index in [0.717, 1.165) is 23.3 Å². The molecule has 1 aliphatic carbocycles. The molecular weight excluding hydrogens is 503 g/mol. The van der Waals surface area contributed by atoms with Crippen LogP contribution in [0.1, 0.15) is 61.3 Å². The van der Waals surface area contributed by atoms with Crippen LogP contribution in [0.5, 0.6) is 5.75 Å². The molecular formula is C26H33FN2O5S2. The van der Waals surface area contributed by atoms with Crippen molar-refractivity contribution in [3.8, 4) is 5.75 Å². The number of nitrogens with one attached hydrogen (secondary N) is 2. The number of para-hydroxylation sites is 1. The van der Waals surface area contributed by atoms with Crippen LogP contribution in [0.25, 0.3) is 0 Å². The van der Waals surface area contributed by atoms with Gasteiger partial charge >= 0.3 is 0 Å². The Labute approximate surface area is 215 Å². The number of carbonyl (C=O) groups is 2.